The van der Waals surface area contributed by atoms with Gasteiger partial charge in [0, 0.05) is 6.42 Å². The Hall–Kier alpha value is -1.32. The molecule has 4 heteroatoms. The van der Waals surface area contributed by atoms with Gasteiger partial charge in [0.15, 0.2) is 5.92 Å². The smallest absolute Gasteiger partial charge is 0.320 e. The Morgan fingerprint density at radius 1 is 1.71 bits per heavy atom. The second kappa shape index (κ2) is 4.79. The van der Waals surface area contributed by atoms with Gasteiger partial charge in [-0.2, -0.15) is 0 Å². The van der Waals surface area contributed by atoms with Crippen molar-refractivity contribution in [3.63, 3.8) is 0 Å². The molecule has 1 aliphatic rings. The largest absolute Gasteiger partial charge is 0.481 e. The highest BCUT2D eigenvalue weighted by molar-refractivity contribution is 5.95. The van der Waals surface area contributed by atoms with Crippen molar-refractivity contribution in [3.8, 4) is 0 Å². The minimum atomic E-state index is -1.08. The molecule has 1 N–H and O–H groups in total. The summed E-state index contributed by atoms with van der Waals surface area (Å²) in [6, 6.07) is 0. The van der Waals surface area contributed by atoms with Gasteiger partial charge in [0.05, 0.1) is 0 Å². The molecule has 2 atom stereocenters. The number of aliphatic carboxylic acids is 1. The Bertz CT molecular complexity index is 257. The van der Waals surface area contributed by atoms with E-state index >= 15 is 0 Å². The summed E-state index contributed by atoms with van der Waals surface area (Å²) in [5.41, 5.74) is 0. The van der Waals surface area contributed by atoms with Gasteiger partial charge in [-0.3, -0.25) is 9.59 Å². The van der Waals surface area contributed by atoms with E-state index in [1.165, 1.54) is 0 Å². The van der Waals surface area contributed by atoms with Crippen molar-refractivity contribution >= 4 is 11.9 Å². The molecule has 1 heterocycles. The minimum absolute atomic E-state index is 0.222. The third-order valence-corrected chi connectivity index (χ3v) is 2.26. The molecule has 0 bridgehead atoms. The van der Waals surface area contributed by atoms with Crippen LogP contribution in [0.2, 0.25) is 0 Å². The summed E-state index contributed by atoms with van der Waals surface area (Å²) in [5.74, 6) is -2.63. The lowest BCUT2D eigenvalue weighted by Gasteiger charge is -2.05. The van der Waals surface area contributed by atoms with Crippen LogP contribution in [0.15, 0.2) is 12.2 Å². The van der Waals surface area contributed by atoms with Gasteiger partial charge >= 0.3 is 11.9 Å². The Balaban J connectivity index is 2.39. The number of carboxylic acids is 1. The zero-order chi connectivity index (χ0) is 10.6. The fourth-order valence-corrected chi connectivity index (χ4v) is 1.48. The number of esters is 1. The van der Waals surface area contributed by atoms with Crippen molar-refractivity contribution in [2.75, 3.05) is 0 Å². The molecule has 1 fully saturated rings. The number of carbonyl (C=O) groups is 2. The zero-order valence-electron chi connectivity index (χ0n) is 8.10. The number of hydrogen-bond donors (Lipinski definition) is 1. The van der Waals surface area contributed by atoms with Gasteiger partial charge in [0.2, 0.25) is 0 Å². The number of ether oxygens (including phenoxy) is 1. The summed E-state index contributed by atoms with van der Waals surface area (Å²) in [7, 11) is 0. The highest BCUT2D eigenvalue weighted by Gasteiger charge is 2.38. The lowest BCUT2D eigenvalue weighted by molar-refractivity contribution is -0.152. The normalized spacial score (nSPS) is 26.8. The van der Waals surface area contributed by atoms with Gasteiger partial charge in [-0.05, 0) is 19.8 Å². The van der Waals surface area contributed by atoms with Crippen molar-refractivity contribution in [3.05, 3.63) is 12.2 Å². The summed E-state index contributed by atoms with van der Waals surface area (Å²) in [6.45, 7) is 1.92. The molecule has 0 spiro atoms. The van der Waals surface area contributed by atoms with E-state index in [0.717, 1.165) is 6.42 Å². The maximum absolute atomic E-state index is 11.0. The number of rotatable bonds is 4. The number of carboxylic acid groups (broad SMARTS) is 1. The molecule has 1 rings (SSSR count). The summed E-state index contributed by atoms with van der Waals surface area (Å²) >= 11 is 0. The SMILES string of the molecule is CC=CCCC1CC(C(=O)O)C(=O)O1. The molecule has 4 nitrogen and oxygen atoms in total. The molecule has 1 aliphatic heterocycles. The fourth-order valence-electron chi connectivity index (χ4n) is 1.48. The first kappa shape index (κ1) is 10.8. The maximum atomic E-state index is 11.0. The number of carbonyl (C=O) groups excluding carboxylic acids is 1. The van der Waals surface area contributed by atoms with Crippen LogP contribution in [0.3, 0.4) is 0 Å². The third-order valence-electron chi connectivity index (χ3n) is 2.26. The first-order valence-corrected chi connectivity index (χ1v) is 4.69. The predicted molar refractivity (Wildman–Crippen MR) is 49.7 cm³/mol. The topological polar surface area (TPSA) is 63.6 Å². The van der Waals surface area contributed by atoms with E-state index in [-0.39, 0.29) is 6.10 Å². The minimum Gasteiger partial charge on any atom is -0.481 e. The highest BCUT2D eigenvalue weighted by Crippen LogP contribution is 2.24. The molecule has 14 heavy (non-hydrogen) atoms. The van der Waals surface area contributed by atoms with Crippen LogP contribution in [0.25, 0.3) is 0 Å². The van der Waals surface area contributed by atoms with Crippen LogP contribution in [0.1, 0.15) is 26.2 Å². The van der Waals surface area contributed by atoms with Gasteiger partial charge in [0.25, 0.3) is 0 Å². The maximum Gasteiger partial charge on any atom is 0.320 e. The van der Waals surface area contributed by atoms with E-state index in [1.54, 1.807) is 0 Å². The zero-order valence-corrected chi connectivity index (χ0v) is 8.10. The summed E-state index contributed by atoms with van der Waals surface area (Å²) in [5, 5.41) is 8.66. The molecule has 0 aromatic carbocycles. The molecule has 2 unspecified atom stereocenters. The third kappa shape index (κ3) is 2.58. The Morgan fingerprint density at radius 3 is 2.93 bits per heavy atom. The van der Waals surface area contributed by atoms with Gasteiger partial charge in [-0.15, -0.1) is 0 Å². The van der Waals surface area contributed by atoms with E-state index < -0.39 is 17.9 Å². The second-order valence-corrected chi connectivity index (χ2v) is 3.33. The van der Waals surface area contributed by atoms with Crippen LogP contribution in [-0.4, -0.2) is 23.1 Å². The average Bonchev–Trinajstić information content (AvgIpc) is 2.47. The molecule has 0 radical (unpaired) electrons. The van der Waals surface area contributed by atoms with Crippen LogP contribution in [-0.2, 0) is 14.3 Å². The van der Waals surface area contributed by atoms with Gasteiger partial charge in [-0.1, -0.05) is 12.2 Å². The summed E-state index contributed by atoms with van der Waals surface area (Å²) < 4.78 is 4.93. The molecule has 0 aliphatic carbocycles. The molecule has 0 amide bonds. The quantitative estimate of drug-likeness (QED) is 0.421. The van der Waals surface area contributed by atoms with Crippen LogP contribution >= 0.6 is 0 Å². The predicted octanol–water partition coefficient (Wildman–Crippen LogP) is 1.36. The molecule has 0 saturated carbocycles. The molecular weight excluding hydrogens is 184 g/mol. The Morgan fingerprint density at radius 2 is 2.43 bits per heavy atom. The summed E-state index contributed by atoms with van der Waals surface area (Å²) in [4.78, 5) is 21.6. The van der Waals surface area contributed by atoms with Crippen LogP contribution < -0.4 is 0 Å². The Labute approximate surface area is 82.6 Å². The number of hydrogen-bond acceptors (Lipinski definition) is 3. The lowest BCUT2D eigenvalue weighted by Crippen LogP contribution is -2.17. The first-order chi connectivity index (χ1) is 6.65. The monoisotopic (exact) mass is 198 g/mol. The van der Waals surface area contributed by atoms with Crippen molar-refractivity contribution in [2.24, 2.45) is 5.92 Å². The van der Waals surface area contributed by atoms with E-state index in [9.17, 15) is 9.59 Å². The number of cyclic esters (lactones) is 1. The van der Waals surface area contributed by atoms with Crippen molar-refractivity contribution in [2.45, 2.75) is 32.3 Å². The van der Waals surface area contributed by atoms with Crippen LogP contribution in [0.4, 0.5) is 0 Å². The van der Waals surface area contributed by atoms with Crippen molar-refractivity contribution in [1.29, 1.82) is 0 Å². The molecule has 1 saturated heterocycles. The lowest BCUT2D eigenvalue weighted by atomic mass is 10.0. The highest BCUT2D eigenvalue weighted by atomic mass is 16.6. The van der Waals surface area contributed by atoms with Gasteiger partial charge in [-0.25, -0.2) is 0 Å². The van der Waals surface area contributed by atoms with Crippen molar-refractivity contribution < 1.29 is 19.4 Å². The first-order valence-electron chi connectivity index (χ1n) is 4.69. The number of allylic oxidation sites excluding steroid dienone is 2. The van der Waals surface area contributed by atoms with Crippen LogP contribution in [0, 0.1) is 5.92 Å². The van der Waals surface area contributed by atoms with Gasteiger partial charge in [0.1, 0.15) is 6.10 Å². The van der Waals surface area contributed by atoms with Crippen LogP contribution in [0.5, 0.6) is 0 Å². The molecule has 78 valence electrons. The molecule has 0 aromatic heterocycles. The molecule has 0 aromatic rings. The fraction of sp³-hybridized carbons (Fsp3) is 0.600. The van der Waals surface area contributed by atoms with E-state index in [1.807, 2.05) is 19.1 Å². The summed E-state index contributed by atoms with van der Waals surface area (Å²) in [6.07, 6.45) is 5.51. The Kier molecular flexibility index (Phi) is 3.68. The van der Waals surface area contributed by atoms with E-state index in [4.69, 9.17) is 9.84 Å². The molecular formula is C10H14O4. The average molecular weight is 198 g/mol. The van der Waals surface area contributed by atoms with E-state index in [2.05, 4.69) is 0 Å². The standard InChI is InChI=1S/C10H14O4/c1-2-3-4-5-7-6-8(9(11)12)10(13)14-7/h2-3,7-8H,4-6H2,1H3,(H,11,12). The van der Waals surface area contributed by atoms with Crippen molar-refractivity contribution in [1.82, 2.24) is 0 Å². The van der Waals surface area contributed by atoms with E-state index in [0.29, 0.717) is 12.8 Å². The second-order valence-electron chi connectivity index (χ2n) is 3.33. The van der Waals surface area contributed by atoms with Gasteiger partial charge < -0.3 is 9.84 Å².